The van der Waals surface area contributed by atoms with Crippen LogP contribution in [0.25, 0.3) is 23.1 Å². The zero-order chi connectivity index (χ0) is 17.8. The number of ether oxygens (including phenoxy) is 3. The Kier molecular flexibility index (Phi) is 5.43. The van der Waals surface area contributed by atoms with Crippen LogP contribution in [-0.4, -0.2) is 26.3 Å². The van der Waals surface area contributed by atoms with Gasteiger partial charge < -0.3 is 14.2 Å². The molecule has 1 heterocycles. The van der Waals surface area contributed by atoms with Crippen molar-refractivity contribution in [3.63, 3.8) is 0 Å². The standard InChI is InChI=1S/C20H18INO3/c1-23-17-6-4-5-14-8-10-15(22-19(14)17)9-7-13-11-16(21)20(25-3)18(12-13)24-2/h4-12H,1-3H3. The second-order valence-corrected chi connectivity index (χ2v) is 6.50. The maximum absolute atomic E-state index is 5.40. The summed E-state index contributed by atoms with van der Waals surface area (Å²) in [5.41, 5.74) is 2.74. The third kappa shape index (κ3) is 3.71. The van der Waals surface area contributed by atoms with Crippen LogP contribution in [-0.2, 0) is 0 Å². The fraction of sp³-hybridized carbons (Fsp3) is 0.150. The number of hydrogen-bond acceptors (Lipinski definition) is 4. The Morgan fingerprint density at radius 1 is 0.880 bits per heavy atom. The monoisotopic (exact) mass is 447 g/mol. The lowest BCUT2D eigenvalue weighted by Gasteiger charge is -2.10. The van der Waals surface area contributed by atoms with Crippen LogP contribution in [0.15, 0.2) is 42.5 Å². The number of benzene rings is 2. The summed E-state index contributed by atoms with van der Waals surface area (Å²) in [5, 5.41) is 1.05. The maximum Gasteiger partial charge on any atom is 0.174 e. The minimum absolute atomic E-state index is 0.710. The van der Waals surface area contributed by atoms with Crippen molar-refractivity contribution in [2.75, 3.05) is 21.3 Å². The lowest BCUT2D eigenvalue weighted by Crippen LogP contribution is -1.94. The lowest BCUT2D eigenvalue weighted by molar-refractivity contribution is 0.353. The summed E-state index contributed by atoms with van der Waals surface area (Å²) in [4.78, 5) is 4.69. The van der Waals surface area contributed by atoms with Gasteiger partial charge in [-0.3, -0.25) is 0 Å². The predicted molar refractivity (Wildman–Crippen MR) is 109 cm³/mol. The van der Waals surface area contributed by atoms with Crippen LogP contribution >= 0.6 is 22.6 Å². The summed E-state index contributed by atoms with van der Waals surface area (Å²) in [7, 11) is 4.94. The Morgan fingerprint density at radius 3 is 2.40 bits per heavy atom. The van der Waals surface area contributed by atoms with Crippen LogP contribution < -0.4 is 14.2 Å². The van der Waals surface area contributed by atoms with Crippen LogP contribution in [0.5, 0.6) is 17.2 Å². The number of pyridine rings is 1. The van der Waals surface area contributed by atoms with E-state index in [0.29, 0.717) is 5.75 Å². The lowest BCUT2D eigenvalue weighted by atomic mass is 10.1. The number of halogens is 1. The second-order valence-electron chi connectivity index (χ2n) is 5.34. The van der Waals surface area contributed by atoms with Gasteiger partial charge in [-0.1, -0.05) is 24.3 Å². The normalized spacial score (nSPS) is 11.0. The van der Waals surface area contributed by atoms with Gasteiger partial charge in [-0.15, -0.1) is 0 Å². The zero-order valence-electron chi connectivity index (χ0n) is 14.2. The van der Waals surface area contributed by atoms with Crippen molar-refractivity contribution < 1.29 is 14.2 Å². The molecule has 0 aliphatic rings. The molecule has 0 aliphatic carbocycles. The Morgan fingerprint density at radius 2 is 1.68 bits per heavy atom. The predicted octanol–water partition coefficient (Wildman–Crippen LogP) is 5.04. The molecule has 1 aromatic heterocycles. The van der Waals surface area contributed by atoms with E-state index in [4.69, 9.17) is 19.2 Å². The molecule has 0 aliphatic heterocycles. The van der Waals surface area contributed by atoms with E-state index in [9.17, 15) is 0 Å². The van der Waals surface area contributed by atoms with Crippen LogP contribution in [0.3, 0.4) is 0 Å². The van der Waals surface area contributed by atoms with Crippen LogP contribution in [0.2, 0.25) is 0 Å². The molecule has 0 spiro atoms. The van der Waals surface area contributed by atoms with Crippen molar-refractivity contribution in [1.82, 2.24) is 4.98 Å². The van der Waals surface area contributed by atoms with Crippen molar-refractivity contribution in [2.24, 2.45) is 0 Å². The summed E-state index contributed by atoms with van der Waals surface area (Å²) in [5.74, 6) is 2.23. The molecular formula is C20H18INO3. The van der Waals surface area contributed by atoms with Gasteiger partial charge in [0.1, 0.15) is 11.3 Å². The molecule has 4 nitrogen and oxygen atoms in total. The fourth-order valence-electron chi connectivity index (χ4n) is 2.61. The number of methoxy groups -OCH3 is 3. The first-order valence-corrected chi connectivity index (χ1v) is 8.77. The third-order valence-electron chi connectivity index (χ3n) is 3.83. The average Bonchev–Trinajstić information content (AvgIpc) is 2.65. The van der Waals surface area contributed by atoms with Gasteiger partial charge in [-0.05, 0) is 58.5 Å². The molecule has 3 rings (SSSR count). The number of rotatable bonds is 5. The van der Waals surface area contributed by atoms with E-state index >= 15 is 0 Å². The minimum atomic E-state index is 0.710. The summed E-state index contributed by atoms with van der Waals surface area (Å²) in [6.45, 7) is 0. The van der Waals surface area contributed by atoms with Gasteiger partial charge in [0.15, 0.2) is 11.5 Å². The molecule has 5 heteroatoms. The summed E-state index contributed by atoms with van der Waals surface area (Å²) >= 11 is 2.24. The topological polar surface area (TPSA) is 40.6 Å². The molecule has 0 bridgehead atoms. The third-order valence-corrected chi connectivity index (χ3v) is 4.63. The van der Waals surface area contributed by atoms with E-state index in [1.807, 2.05) is 54.6 Å². The first-order chi connectivity index (χ1) is 12.2. The molecule has 0 atom stereocenters. The van der Waals surface area contributed by atoms with E-state index in [-0.39, 0.29) is 0 Å². The Balaban J connectivity index is 1.97. The number of aromatic nitrogens is 1. The highest BCUT2D eigenvalue weighted by Gasteiger charge is 2.09. The molecule has 2 aromatic carbocycles. The molecule has 25 heavy (non-hydrogen) atoms. The molecule has 128 valence electrons. The summed E-state index contributed by atoms with van der Waals surface area (Å²) in [6.07, 6.45) is 3.98. The largest absolute Gasteiger partial charge is 0.494 e. The SMILES string of the molecule is COc1cc(C=Cc2ccc3cccc(OC)c3n2)cc(I)c1OC. The van der Waals surface area contributed by atoms with E-state index < -0.39 is 0 Å². The van der Waals surface area contributed by atoms with Gasteiger partial charge >= 0.3 is 0 Å². The van der Waals surface area contributed by atoms with Crippen LogP contribution in [0.1, 0.15) is 11.3 Å². The average molecular weight is 447 g/mol. The van der Waals surface area contributed by atoms with Gasteiger partial charge in [0, 0.05) is 5.39 Å². The second kappa shape index (κ2) is 7.74. The van der Waals surface area contributed by atoms with Gasteiger partial charge in [0.2, 0.25) is 0 Å². The minimum Gasteiger partial charge on any atom is -0.494 e. The molecule has 0 fully saturated rings. The maximum atomic E-state index is 5.40. The summed E-state index contributed by atoms with van der Waals surface area (Å²) in [6, 6.07) is 13.9. The highest BCUT2D eigenvalue weighted by atomic mass is 127. The van der Waals surface area contributed by atoms with Crippen LogP contribution in [0.4, 0.5) is 0 Å². The van der Waals surface area contributed by atoms with Crippen molar-refractivity contribution in [1.29, 1.82) is 0 Å². The van der Waals surface area contributed by atoms with Crippen molar-refractivity contribution >= 4 is 45.6 Å². The first kappa shape index (κ1) is 17.5. The first-order valence-electron chi connectivity index (χ1n) is 7.69. The Hall–Kier alpha value is -2.28. The smallest absolute Gasteiger partial charge is 0.174 e. The molecule has 3 aromatic rings. The highest BCUT2D eigenvalue weighted by molar-refractivity contribution is 14.1. The Bertz CT molecular complexity index is 938. The molecule has 0 amide bonds. The van der Waals surface area contributed by atoms with Crippen LogP contribution in [0, 0.1) is 3.57 Å². The van der Waals surface area contributed by atoms with E-state index in [1.165, 1.54) is 0 Å². The van der Waals surface area contributed by atoms with Gasteiger partial charge in [0.25, 0.3) is 0 Å². The van der Waals surface area contributed by atoms with E-state index in [2.05, 4.69) is 22.6 Å². The molecule has 0 N–H and O–H groups in total. The van der Waals surface area contributed by atoms with Gasteiger partial charge in [-0.2, -0.15) is 0 Å². The number of nitrogens with zero attached hydrogens (tertiary/aromatic N) is 1. The van der Waals surface area contributed by atoms with Crippen molar-refractivity contribution in [2.45, 2.75) is 0 Å². The van der Waals surface area contributed by atoms with Crippen molar-refractivity contribution in [3.05, 3.63) is 57.3 Å². The number of fused-ring (bicyclic) bond motifs is 1. The molecular weight excluding hydrogens is 429 g/mol. The van der Waals surface area contributed by atoms with E-state index in [1.54, 1.807) is 21.3 Å². The highest BCUT2D eigenvalue weighted by Crippen LogP contribution is 2.34. The zero-order valence-corrected chi connectivity index (χ0v) is 16.4. The molecule has 0 saturated carbocycles. The molecule has 0 saturated heterocycles. The molecule has 0 radical (unpaired) electrons. The number of para-hydroxylation sites is 1. The molecule has 0 unspecified atom stereocenters. The van der Waals surface area contributed by atoms with Gasteiger partial charge in [-0.25, -0.2) is 4.98 Å². The number of hydrogen-bond donors (Lipinski definition) is 0. The fourth-order valence-corrected chi connectivity index (χ4v) is 3.45. The van der Waals surface area contributed by atoms with Gasteiger partial charge in [0.05, 0.1) is 30.6 Å². The van der Waals surface area contributed by atoms with Crippen molar-refractivity contribution in [3.8, 4) is 17.2 Å². The Labute approximate surface area is 160 Å². The quantitative estimate of drug-likeness (QED) is 0.515. The summed E-state index contributed by atoms with van der Waals surface area (Å²) < 4.78 is 17.2. The van der Waals surface area contributed by atoms with E-state index in [0.717, 1.165) is 37.2 Å².